The Labute approximate surface area is 224 Å². The minimum absolute atomic E-state index is 0.117. The monoisotopic (exact) mass is 531 g/mol. The van der Waals surface area contributed by atoms with Gasteiger partial charge in [-0.05, 0) is 33.1 Å². The summed E-state index contributed by atoms with van der Waals surface area (Å²) in [5.74, 6) is -3.24. The highest BCUT2D eigenvalue weighted by Crippen LogP contribution is 2.56. The number of fused-ring (bicyclic) bond motifs is 2. The number of hydrogen-bond acceptors (Lipinski definition) is 7. The molecule has 2 N–H and O–H groups in total. The van der Waals surface area contributed by atoms with E-state index in [1.165, 1.54) is 4.90 Å². The molecule has 2 fully saturated rings. The number of esters is 1. The summed E-state index contributed by atoms with van der Waals surface area (Å²) in [5, 5.41) is 13.0. The molecule has 4 heterocycles. The van der Waals surface area contributed by atoms with E-state index in [4.69, 9.17) is 9.47 Å². The number of cyclic esters (lactones) is 1. The van der Waals surface area contributed by atoms with Crippen molar-refractivity contribution in [1.82, 2.24) is 15.1 Å². The van der Waals surface area contributed by atoms with Crippen LogP contribution < -0.4 is 5.32 Å². The Hall–Kier alpha value is -2.72. The molecular weight excluding hydrogens is 490 g/mol. The van der Waals surface area contributed by atoms with Crippen LogP contribution in [-0.4, -0.2) is 94.2 Å². The molecule has 210 valence electrons. The van der Waals surface area contributed by atoms with Gasteiger partial charge in [0.25, 0.3) is 0 Å². The lowest BCUT2D eigenvalue weighted by Crippen LogP contribution is -2.59. The number of rotatable bonds is 6. The third kappa shape index (κ3) is 4.88. The molecule has 1 spiro atoms. The Kier molecular flexibility index (Phi) is 8.62. The Bertz CT molecular complexity index is 993. The lowest BCUT2D eigenvalue weighted by Gasteiger charge is -2.40. The average molecular weight is 532 g/mol. The van der Waals surface area contributed by atoms with Gasteiger partial charge in [0.05, 0.1) is 31.2 Å². The topological polar surface area (TPSA) is 125 Å². The van der Waals surface area contributed by atoms with Gasteiger partial charge < -0.3 is 29.7 Å². The molecule has 2 saturated heterocycles. The molecule has 4 rings (SSSR count). The largest absolute Gasteiger partial charge is 0.460 e. The van der Waals surface area contributed by atoms with Crippen LogP contribution >= 0.6 is 0 Å². The van der Waals surface area contributed by atoms with Gasteiger partial charge in [0.15, 0.2) is 0 Å². The summed E-state index contributed by atoms with van der Waals surface area (Å²) >= 11 is 0. The molecule has 0 aromatic rings. The lowest BCUT2D eigenvalue weighted by molar-refractivity contribution is -0.159. The third-order valence-electron chi connectivity index (χ3n) is 8.33. The van der Waals surface area contributed by atoms with Gasteiger partial charge in [0.1, 0.15) is 23.7 Å². The van der Waals surface area contributed by atoms with Crippen LogP contribution in [-0.2, 0) is 28.7 Å². The van der Waals surface area contributed by atoms with Crippen molar-refractivity contribution in [3.63, 3.8) is 0 Å². The number of amides is 3. The minimum Gasteiger partial charge on any atom is -0.460 e. The Morgan fingerprint density at radius 1 is 1.18 bits per heavy atom. The van der Waals surface area contributed by atoms with Crippen LogP contribution in [0.3, 0.4) is 0 Å². The fourth-order valence-corrected chi connectivity index (χ4v) is 6.37. The summed E-state index contributed by atoms with van der Waals surface area (Å²) in [5.41, 5.74) is -1.32. The molecule has 5 bridgehead atoms. The Morgan fingerprint density at radius 2 is 1.95 bits per heavy atom. The molecule has 4 aliphatic rings. The first-order valence-electron chi connectivity index (χ1n) is 13.9. The second kappa shape index (κ2) is 11.6. The van der Waals surface area contributed by atoms with E-state index >= 15 is 0 Å². The predicted octanol–water partition coefficient (Wildman–Crippen LogP) is 1.32. The standard InChI is InChI=1S/C28H41N3O7/c1-5-10-17(3)30-14-9-7-8-11-21(33)29-15-18(4)37-27(36)22-20-12-13-28(38-20)23(22)25(34)31(19(6-2)16-32)24(28)26(30)35/h7,9,12-13,17-20,22-24,32H,5-6,8,10-11,14-16H2,1-4H3,(H,29,33)/b9-7-/t17?,18-,19+,20+,22-,23-,24+,28-/m1/s1. The van der Waals surface area contributed by atoms with Gasteiger partial charge in [-0.25, -0.2) is 0 Å². The van der Waals surface area contributed by atoms with Crippen molar-refractivity contribution >= 4 is 23.7 Å². The van der Waals surface area contributed by atoms with E-state index in [1.54, 1.807) is 24.0 Å². The highest BCUT2D eigenvalue weighted by Gasteiger charge is 2.74. The van der Waals surface area contributed by atoms with E-state index in [1.807, 2.05) is 26.0 Å². The van der Waals surface area contributed by atoms with E-state index in [2.05, 4.69) is 12.2 Å². The second-order valence-corrected chi connectivity index (χ2v) is 10.9. The van der Waals surface area contributed by atoms with Crippen molar-refractivity contribution in [2.45, 2.75) is 95.7 Å². The maximum absolute atomic E-state index is 14.4. The number of carbonyl (C=O) groups is 4. The summed E-state index contributed by atoms with van der Waals surface area (Å²) in [7, 11) is 0. The summed E-state index contributed by atoms with van der Waals surface area (Å²) in [6.07, 6.45) is 8.86. The van der Waals surface area contributed by atoms with E-state index in [9.17, 15) is 24.3 Å². The zero-order valence-electron chi connectivity index (χ0n) is 22.8. The quantitative estimate of drug-likeness (QED) is 0.391. The van der Waals surface area contributed by atoms with Crippen LogP contribution in [0.15, 0.2) is 24.3 Å². The number of hydrogen-bond donors (Lipinski definition) is 2. The normalized spacial score (nSPS) is 36.2. The summed E-state index contributed by atoms with van der Waals surface area (Å²) in [6.45, 7) is 7.74. The van der Waals surface area contributed by atoms with Crippen molar-refractivity contribution in [3.05, 3.63) is 24.3 Å². The Balaban J connectivity index is 1.80. The van der Waals surface area contributed by atoms with Crippen molar-refractivity contribution in [2.24, 2.45) is 11.8 Å². The van der Waals surface area contributed by atoms with Gasteiger partial charge >= 0.3 is 5.97 Å². The van der Waals surface area contributed by atoms with Crippen molar-refractivity contribution in [2.75, 3.05) is 19.7 Å². The highest BCUT2D eigenvalue weighted by atomic mass is 16.6. The predicted molar refractivity (Wildman–Crippen MR) is 139 cm³/mol. The zero-order chi connectivity index (χ0) is 27.6. The van der Waals surface area contributed by atoms with E-state index in [0.717, 1.165) is 12.8 Å². The van der Waals surface area contributed by atoms with Crippen LogP contribution in [0.4, 0.5) is 0 Å². The molecule has 0 aromatic heterocycles. The van der Waals surface area contributed by atoms with Crippen molar-refractivity contribution in [3.8, 4) is 0 Å². The first-order valence-corrected chi connectivity index (χ1v) is 13.9. The smallest absolute Gasteiger partial charge is 0.313 e. The number of nitrogens with one attached hydrogen (secondary N) is 1. The van der Waals surface area contributed by atoms with Crippen LogP contribution in [0.2, 0.25) is 0 Å². The molecule has 38 heavy (non-hydrogen) atoms. The maximum Gasteiger partial charge on any atom is 0.313 e. The summed E-state index contributed by atoms with van der Waals surface area (Å²) in [4.78, 5) is 57.4. The molecule has 10 nitrogen and oxygen atoms in total. The highest BCUT2D eigenvalue weighted by molar-refractivity contribution is 5.99. The van der Waals surface area contributed by atoms with Crippen molar-refractivity contribution < 1.29 is 33.8 Å². The zero-order valence-corrected chi connectivity index (χ0v) is 22.8. The molecule has 3 amide bonds. The third-order valence-corrected chi connectivity index (χ3v) is 8.33. The van der Waals surface area contributed by atoms with E-state index in [0.29, 0.717) is 19.4 Å². The van der Waals surface area contributed by atoms with Gasteiger partial charge in [-0.2, -0.15) is 0 Å². The number of aliphatic hydroxyl groups is 1. The fourth-order valence-electron chi connectivity index (χ4n) is 6.37. The molecule has 0 radical (unpaired) electrons. The fraction of sp³-hybridized carbons (Fsp3) is 0.714. The lowest BCUT2D eigenvalue weighted by atomic mass is 9.74. The summed E-state index contributed by atoms with van der Waals surface area (Å²) < 4.78 is 12.1. The van der Waals surface area contributed by atoms with E-state index < -0.39 is 47.7 Å². The minimum atomic E-state index is -1.32. The number of ether oxygens (including phenoxy) is 2. The van der Waals surface area contributed by atoms with Crippen LogP contribution in [0, 0.1) is 11.8 Å². The Morgan fingerprint density at radius 3 is 2.63 bits per heavy atom. The first kappa shape index (κ1) is 28.3. The van der Waals surface area contributed by atoms with E-state index in [-0.39, 0.29) is 43.3 Å². The number of aliphatic hydroxyl groups excluding tert-OH is 1. The van der Waals surface area contributed by atoms with Gasteiger partial charge in [0.2, 0.25) is 17.7 Å². The van der Waals surface area contributed by atoms with Crippen LogP contribution in [0.25, 0.3) is 0 Å². The van der Waals surface area contributed by atoms with Crippen LogP contribution in [0.5, 0.6) is 0 Å². The molecule has 0 saturated carbocycles. The number of nitrogens with zero attached hydrogens (tertiary/aromatic N) is 2. The molecule has 4 aliphatic heterocycles. The molecule has 0 aromatic carbocycles. The van der Waals surface area contributed by atoms with Gasteiger partial charge in [-0.3, -0.25) is 19.2 Å². The molecule has 10 heteroatoms. The number of allylic oxidation sites excluding steroid dienone is 1. The maximum atomic E-state index is 14.4. The SMILES string of the molecule is CCCC(C)N1C/C=C\CCC(=O)NC[C@@H](C)OC(=O)[C@@H]2[C@@H]3C=C[C@]4(O3)[C@H](C1=O)N([C@@H](CC)CO)C(=O)[C@@H]24. The first-order chi connectivity index (χ1) is 18.2. The van der Waals surface area contributed by atoms with Gasteiger partial charge in [-0.1, -0.05) is 44.6 Å². The average Bonchev–Trinajstić information content (AvgIpc) is 3.53. The van der Waals surface area contributed by atoms with Crippen molar-refractivity contribution in [1.29, 1.82) is 0 Å². The second-order valence-electron chi connectivity index (χ2n) is 10.9. The number of carbonyl (C=O) groups excluding carboxylic acids is 4. The van der Waals surface area contributed by atoms with Gasteiger partial charge in [-0.15, -0.1) is 0 Å². The number of likely N-dealkylation sites (tertiary alicyclic amines) is 1. The molecule has 0 aliphatic carbocycles. The van der Waals surface area contributed by atoms with Crippen LogP contribution in [0.1, 0.15) is 59.8 Å². The summed E-state index contributed by atoms with van der Waals surface area (Å²) in [6, 6.07) is -1.73. The molecular formula is C28H41N3O7. The molecule has 1 unspecified atom stereocenters. The van der Waals surface area contributed by atoms with Gasteiger partial charge in [0, 0.05) is 19.0 Å². The molecule has 8 atom stereocenters.